The molecule has 2 heterocycles. The van der Waals surface area contributed by atoms with E-state index in [-0.39, 0.29) is 5.82 Å². The van der Waals surface area contributed by atoms with Crippen molar-refractivity contribution >= 4 is 28.2 Å². The zero-order chi connectivity index (χ0) is 11.8. The van der Waals surface area contributed by atoms with Gasteiger partial charge in [-0.1, -0.05) is 18.2 Å². The maximum absolute atomic E-state index is 13.2. The molecule has 17 heavy (non-hydrogen) atoms. The van der Waals surface area contributed by atoms with Gasteiger partial charge in [-0.25, -0.2) is 9.37 Å². The Labute approximate surface area is 111 Å². The van der Waals surface area contributed by atoms with Crippen LogP contribution in [0.25, 0.3) is 16.9 Å². The first kappa shape index (κ1) is 10.7. The Morgan fingerprint density at radius 2 is 2.00 bits per heavy atom. The average Bonchev–Trinajstić information content (AvgIpc) is 2.68. The second kappa shape index (κ2) is 4.10. The second-order valence-corrected chi connectivity index (χ2v) is 4.71. The summed E-state index contributed by atoms with van der Waals surface area (Å²) >= 11 is 2.23. The van der Waals surface area contributed by atoms with E-state index >= 15 is 0 Å². The summed E-state index contributed by atoms with van der Waals surface area (Å²) in [6, 6.07) is 12.3. The molecule has 0 amide bonds. The van der Waals surface area contributed by atoms with Gasteiger partial charge in [-0.15, -0.1) is 0 Å². The van der Waals surface area contributed by atoms with Crippen molar-refractivity contribution in [1.29, 1.82) is 0 Å². The fourth-order valence-electron chi connectivity index (χ4n) is 1.79. The molecule has 0 fully saturated rings. The first-order valence-corrected chi connectivity index (χ1v) is 6.22. The smallest absolute Gasteiger partial charge is 0.138 e. The summed E-state index contributed by atoms with van der Waals surface area (Å²) in [7, 11) is 0. The van der Waals surface area contributed by atoms with Gasteiger partial charge < -0.3 is 0 Å². The van der Waals surface area contributed by atoms with Gasteiger partial charge in [0.15, 0.2) is 0 Å². The van der Waals surface area contributed by atoms with Crippen molar-refractivity contribution < 1.29 is 4.39 Å². The average molecular weight is 338 g/mol. The summed E-state index contributed by atoms with van der Waals surface area (Å²) in [5.41, 5.74) is 2.49. The predicted molar refractivity (Wildman–Crippen MR) is 73.3 cm³/mol. The standard InChI is InChI=1S/C13H8FIN2/c14-10-5-3-4-9(8-10)12-13(15)17-7-2-1-6-11(17)16-12/h1-8H. The normalized spacial score (nSPS) is 10.9. The van der Waals surface area contributed by atoms with Gasteiger partial charge in [0.25, 0.3) is 0 Å². The third-order valence-electron chi connectivity index (χ3n) is 2.57. The molecule has 0 aliphatic rings. The minimum Gasteiger partial charge on any atom is -0.294 e. The quantitative estimate of drug-likeness (QED) is 0.618. The lowest BCUT2D eigenvalue weighted by Crippen LogP contribution is -1.86. The van der Waals surface area contributed by atoms with Crippen molar-refractivity contribution in [3.63, 3.8) is 0 Å². The first-order chi connectivity index (χ1) is 8.25. The van der Waals surface area contributed by atoms with Gasteiger partial charge in [0, 0.05) is 11.8 Å². The molecule has 3 rings (SSSR count). The highest BCUT2D eigenvalue weighted by atomic mass is 127. The van der Waals surface area contributed by atoms with Crippen LogP contribution in [0.3, 0.4) is 0 Å². The molecule has 0 radical (unpaired) electrons. The molecule has 2 nitrogen and oxygen atoms in total. The minimum absolute atomic E-state index is 0.240. The summed E-state index contributed by atoms with van der Waals surface area (Å²) in [6.07, 6.45) is 1.95. The lowest BCUT2D eigenvalue weighted by molar-refractivity contribution is 0.628. The van der Waals surface area contributed by atoms with Crippen LogP contribution >= 0.6 is 22.6 Å². The highest BCUT2D eigenvalue weighted by Gasteiger charge is 2.11. The summed E-state index contributed by atoms with van der Waals surface area (Å²) in [4.78, 5) is 4.51. The van der Waals surface area contributed by atoms with Gasteiger partial charge >= 0.3 is 0 Å². The van der Waals surface area contributed by atoms with Gasteiger partial charge in [0.1, 0.15) is 20.9 Å². The van der Waals surface area contributed by atoms with E-state index in [1.54, 1.807) is 6.07 Å². The lowest BCUT2D eigenvalue weighted by atomic mass is 10.2. The molecule has 0 saturated carbocycles. The van der Waals surface area contributed by atoms with Crippen LogP contribution in [0.1, 0.15) is 0 Å². The Morgan fingerprint density at radius 1 is 1.12 bits per heavy atom. The second-order valence-electron chi connectivity index (χ2n) is 3.69. The Morgan fingerprint density at radius 3 is 2.76 bits per heavy atom. The number of halogens is 2. The number of fused-ring (bicyclic) bond motifs is 1. The van der Waals surface area contributed by atoms with E-state index in [0.717, 1.165) is 20.6 Å². The fraction of sp³-hybridized carbons (Fsp3) is 0. The molecule has 3 aromatic rings. The molecule has 0 aliphatic heterocycles. The number of imidazole rings is 1. The van der Waals surface area contributed by atoms with Gasteiger partial charge in [-0.3, -0.25) is 4.40 Å². The zero-order valence-corrected chi connectivity index (χ0v) is 10.9. The van der Waals surface area contributed by atoms with Crippen molar-refractivity contribution in [2.24, 2.45) is 0 Å². The summed E-state index contributed by atoms with van der Waals surface area (Å²) < 4.78 is 16.2. The first-order valence-electron chi connectivity index (χ1n) is 5.14. The third kappa shape index (κ3) is 1.82. The van der Waals surface area contributed by atoms with Crippen LogP contribution in [0, 0.1) is 9.52 Å². The van der Waals surface area contributed by atoms with Crippen LogP contribution < -0.4 is 0 Å². The van der Waals surface area contributed by atoms with E-state index in [0.29, 0.717) is 0 Å². The van der Waals surface area contributed by atoms with E-state index in [1.807, 2.05) is 34.9 Å². The highest BCUT2D eigenvalue weighted by Crippen LogP contribution is 2.25. The molecule has 0 saturated heterocycles. The largest absolute Gasteiger partial charge is 0.294 e. The van der Waals surface area contributed by atoms with Crippen LogP contribution in [-0.2, 0) is 0 Å². The highest BCUT2D eigenvalue weighted by molar-refractivity contribution is 14.1. The molecule has 0 unspecified atom stereocenters. The number of rotatable bonds is 1. The van der Waals surface area contributed by atoms with Gasteiger partial charge in [-0.05, 0) is 46.9 Å². The SMILES string of the molecule is Fc1cccc(-c2nc3ccccn3c2I)c1. The number of nitrogens with zero attached hydrogens (tertiary/aromatic N) is 2. The van der Waals surface area contributed by atoms with Crippen molar-refractivity contribution in [3.05, 3.63) is 58.2 Å². The Bertz CT molecular complexity index is 691. The van der Waals surface area contributed by atoms with E-state index in [1.165, 1.54) is 12.1 Å². The lowest BCUT2D eigenvalue weighted by Gasteiger charge is -1.98. The number of hydrogen-bond acceptors (Lipinski definition) is 1. The van der Waals surface area contributed by atoms with Gasteiger partial charge in [0.05, 0.1) is 0 Å². The topological polar surface area (TPSA) is 17.3 Å². The molecule has 84 valence electrons. The van der Waals surface area contributed by atoms with Crippen molar-refractivity contribution in [2.75, 3.05) is 0 Å². The third-order valence-corrected chi connectivity index (χ3v) is 3.60. The molecule has 0 bridgehead atoms. The maximum Gasteiger partial charge on any atom is 0.138 e. The van der Waals surface area contributed by atoms with E-state index in [4.69, 9.17) is 0 Å². The van der Waals surface area contributed by atoms with Crippen LogP contribution in [0.2, 0.25) is 0 Å². The van der Waals surface area contributed by atoms with Crippen molar-refractivity contribution in [2.45, 2.75) is 0 Å². The molecular formula is C13H8FIN2. The van der Waals surface area contributed by atoms with Crippen molar-refractivity contribution in [1.82, 2.24) is 9.38 Å². The van der Waals surface area contributed by atoms with Crippen LogP contribution in [0.4, 0.5) is 4.39 Å². The molecule has 0 N–H and O–H groups in total. The molecule has 2 aromatic heterocycles. The van der Waals surface area contributed by atoms with Crippen LogP contribution in [0.5, 0.6) is 0 Å². The molecular weight excluding hydrogens is 330 g/mol. The summed E-state index contributed by atoms with van der Waals surface area (Å²) in [6.45, 7) is 0. The van der Waals surface area contributed by atoms with Gasteiger partial charge in [0.2, 0.25) is 0 Å². The summed E-state index contributed by atoms with van der Waals surface area (Å²) in [5, 5.41) is 0. The number of pyridine rings is 1. The Hall–Kier alpha value is -1.43. The number of hydrogen-bond donors (Lipinski definition) is 0. The number of benzene rings is 1. The van der Waals surface area contributed by atoms with E-state index in [2.05, 4.69) is 27.6 Å². The molecule has 0 spiro atoms. The molecule has 1 aromatic carbocycles. The van der Waals surface area contributed by atoms with E-state index < -0.39 is 0 Å². The Kier molecular flexibility index (Phi) is 2.58. The fourth-order valence-corrected chi connectivity index (χ4v) is 2.63. The van der Waals surface area contributed by atoms with Gasteiger partial charge in [-0.2, -0.15) is 0 Å². The maximum atomic E-state index is 13.2. The predicted octanol–water partition coefficient (Wildman–Crippen LogP) is 3.75. The van der Waals surface area contributed by atoms with Crippen LogP contribution in [0.15, 0.2) is 48.7 Å². The molecule has 0 aliphatic carbocycles. The summed E-state index contributed by atoms with van der Waals surface area (Å²) in [5.74, 6) is -0.240. The van der Waals surface area contributed by atoms with Crippen molar-refractivity contribution in [3.8, 4) is 11.3 Å². The van der Waals surface area contributed by atoms with Crippen LogP contribution in [-0.4, -0.2) is 9.38 Å². The molecule has 4 heteroatoms. The minimum atomic E-state index is -0.240. The zero-order valence-electron chi connectivity index (χ0n) is 8.77. The Balaban J connectivity index is 2.27. The van der Waals surface area contributed by atoms with E-state index in [9.17, 15) is 4.39 Å². The monoisotopic (exact) mass is 338 g/mol. The molecule has 0 atom stereocenters. The number of aromatic nitrogens is 2.